The first-order chi connectivity index (χ1) is 8.19. The molecule has 94 valence electrons. The summed E-state index contributed by atoms with van der Waals surface area (Å²) in [6.07, 6.45) is 0.379. The normalized spacial score (nSPS) is 10.1. The molecule has 4 nitrogen and oxygen atoms in total. The summed E-state index contributed by atoms with van der Waals surface area (Å²) in [6.45, 7) is 3.17. The fourth-order valence-corrected chi connectivity index (χ4v) is 1.62. The van der Waals surface area contributed by atoms with E-state index in [0.717, 1.165) is 23.4 Å². The van der Waals surface area contributed by atoms with Gasteiger partial charge in [-0.15, -0.1) is 0 Å². The molecule has 0 atom stereocenters. The predicted molar refractivity (Wildman–Crippen MR) is 68.1 cm³/mol. The van der Waals surface area contributed by atoms with Gasteiger partial charge in [-0.2, -0.15) is 0 Å². The largest absolute Gasteiger partial charge is 0.492 e. The summed E-state index contributed by atoms with van der Waals surface area (Å²) in [5.41, 5.74) is 2.21. The van der Waals surface area contributed by atoms with E-state index in [9.17, 15) is 4.79 Å². The number of rotatable bonds is 6. The van der Waals surface area contributed by atoms with E-state index in [1.54, 1.807) is 7.05 Å². The van der Waals surface area contributed by atoms with E-state index in [2.05, 4.69) is 10.6 Å². The van der Waals surface area contributed by atoms with Crippen molar-refractivity contribution in [2.75, 3.05) is 20.7 Å². The quantitative estimate of drug-likeness (QED) is 0.781. The maximum atomic E-state index is 11.1. The third kappa shape index (κ3) is 4.07. The second-order valence-corrected chi connectivity index (χ2v) is 3.87. The molecule has 0 saturated heterocycles. The summed E-state index contributed by atoms with van der Waals surface area (Å²) in [5.74, 6) is 0.875. The monoisotopic (exact) mass is 236 g/mol. The number of aryl methyl sites for hydroxylation is 1. The number of hydrogen-bond acceptors (Lipinski definition) is 3. The van der Waals surface area contributed by atoms with Crippen LogP contribution in [0.25, 0.3) is 0 Å². The van der Waals surface area contributed by atoms with Crippen LogP contribution >= 0.6 is 0 Å². The van der Waals surface area contributed by atoms with Gasteiger partial charge in [0.2, 0.25) is 5.91 Å². The lowest BCUT2D eigenvalue weighted by Gasteiger charge is -2.13. The fourth-order valence-electron chi connectivity index (χ4n) is 1.62. The Kier molecular flexibility index (Phi) is 5.49. The zero-order valence-corrected chi connectivity index (χ0v) is 10.7. The Bertz CT molecular complexity index is 378. The molecule has 0 saturated carbocycles. The minimum Gasteiger partial charge on any atom is -0.492 e. The molecule has 0 aliphatic heterocycles. The molecule has 0 aromatic heterocycles. The van der Waals surface area contributed by atoms with Crippen molar-refractivity contribution >= 4 is 5.91 Å². The molecule has 1 rings (SSSR count). The molecule has 0 fully saturated rings. The van der Waals surface area contributed by atoms with Gasteiger partial charge in [0.1, 0.15) is 5.75 Å². The number of amides is 1. The highest BCUT2D eigenvalue weighted by molar-refractivity contribution is 5.75. The van der Waals surface area contributed by atoms with Gasteiger partial charge in [0.05, 0.1) is 13.0 Å². The summed E-state index contributed by atoms with van der Waals surface area (Å²) in [7, 11) is 3.53. The number of carbonyl (C=O) groups excluding carboxylic acids is 1. The van der Waals surface area contributed by atoms with Gasteiger partial charge in [-0.25, -0.2) is 0 Å². The van der Waals surface area contributed by atoms with Crippen LogP contribution in [-0.4, -0.2) is 26.6 Å². The van der Waals surface area contributed by atoms with Crippen molar-refractivity contribution in [1.29, 1.82) is 0 Å². The third-order valence-corrected chi connectivity index (χ3v) is 2.52. The van der Waals surface area contributed by atoms with E-state index in [1.165, 1.54) is 0 Å². The number of hydrogen-bond donors (Lipinski definition) is 2. The highest BCUT2D eigenvalue weighted by Crippen LogP contribution is 2.23. The minimum atomic E-state index is -0.00579. The van der Waals surface area contributed by atoms with E-state index in [1.807, 2.05) is 32.2 Å². The Labute approximate surface area is 102 Å². The molecule has 0 aliphatic rings. The summed E-state index contributed by atoms with van der Waals surface area (Å²) in [6, 6.07) is 6.04. The van der Waals surface area contributed by atoms with Gasteiger partial charge in [-0.3, -0.25) is 4.79 Å². The first kappa shape index (κ1) is 13.5. The molecule has 0 unspecified atom stereocenters. The topological polar surface area (TPSA) is 50.4 Å². The van der Waals surface area contributed by atoms with Crippen molar-refractivity contribution in [3.8, 4) is 5.75 Å². The van der Waals surface area contributed by atoms with Crippen LogP contribution in [0.5, 0.6) is 5.75 Å². The zero-order chi connectivity index (χ0) is 12.7. The maximum Gasteiger partial charge on any atom is 0.223 e. The lowest BCUT2D eigenvalue weighted by atomic mass is 10.1. The maximum absolute atomic E-state index is 11.1. The van der Waals surface area contributed by atoms with Gasteiger partial charge in [0.15, 0.2) is 0 Å². The molecule has 0 heterocycles. The van der Waals surface area contributed by atoms with Crippen LogP contribution < -0.4 is 15.4 Å². The van der Waals surface area contributed by atoms with Crippen LogP contribution in [0.1, 0.15) is 17.5 Å². The van der Waals surface area contributed by atoms with Crippen LogP contribution in [0.15, 0.2) is 18.2 Å². The van der Waals surface area contributed by atoms with Gasteiger partial charge < -0.3 is 15.4 Å². The molecular weight excluding hydrogens is 216 g/mol. The average molecular weight is 236 g/mol. The Morgan fingerprint density at radius 1 is 1.35 bits per heavy atom. The molecule has 0 radical (unpaired) electrons. The van der Waals surface area contributed by atoms with Crippen molar-refractivity contribution in [3.05, 3.63) is 29.3 Å². The first-order valence-corrected chi connectivity index (χ1v) is 5.75. The number of ether oxygens (including phenoxy) is 1. The molecule has 1 aromatic carbocycles. The standard InChI is InChI=1S/C13H20N2O2/c1-10-5-4-6-11(9-14-2)13(10)17-8-7-12(16)15-3/h4-6,14H,7-9H2,1-3H3,(H,15,16). The number of benzene rings is 1. The molecule has 17 heavy (non-hydrogen) atoms. The van der Waals surface area contributed by atoms with Gasteiger partial charge in [-0.1, -0.05) is 18.2 Å². The second-order valence-electron chi connectivity index (χ2n) is 3.87. The minimum absolute atomic E-state index is 0.00579. The smallest absolute Gasteiger partial charge is 0.223 e. The average Bonchev–Trinajstić information content (AvgIpc) is 2.32. The predicted octanol–water partition coefficient (Wildman–Crippen LogP) is 1.23. The zero-order valence-electron chi connectivity index (χ0n) is 10.7. The van der Waals surface area contributed by atoms with Crippen molar-refractivity contribution in [1.82, 2.24) is 10.6 Å². The van der Waals surface area contributed by atoms with E-state index in [0.29, 0.717) is 13.0 Å². The fraction of sp³-hybridized carbons (Fsp3) is 0.462. The highest BCUT2D eigenvalue weighted by Gasteiger charge is 2.07. The molecule has 0 spiro atoms. The lowest BCUT2D eigenvalue weighted by Crippen LogP contribution is -2.20. The Hall–Kier alpha value is -1.55. The van der Waals surface area contributed by atoms with Gasteiger partial charge >= 0.3 is 0 Å². The van der Waals surface area contributed by atoms with Crippen LogP contribution in [0.4, 0.5) is 0 Å². The van der Waals surface area contributed by atoms with E-state index >= 15 is 0 Å². The summed E-state index contributed by atoms with van der Waals surface area (Å²) in [5, 5.41) is 5.68. The van der Waals surface area contributed by atoms with Crippen LogP contribution in [-0.2, 0) is 11.3 Å². The van der Waals surface area contributed by atoms with Crippen LogP contribution in [0.3, 0.4) is 0 Å². The molecule has 4 heteroatoms. The van der Waals surface area contributed by atoms with Crippen molar-refractivity contribution < 1.29 is 9.53 Å². The van der Waals surface area contributed by atoms with E-state index in [4.69, 9.17) is 4.74 Å². The molecular formula is C13H20N2O2. The molecule has 2 N–H and O–H groups in total. The van der Waals surface area contributed by atoms with Crippen molar-refractivity contribution in [3.63, 3.8) is 0 Å². The van der Waals surface area contributed by atoms with E-state index < -0.39 is 0 Å². The second kappa shape index (κ2) is 6.91. The Morgan fingerprint density at radius 3 is 2.76 bits per heavy atom. The first-order valence-electron chi connectivity index (χ1n) is 5.75. The molecule has 1 amide bonds. The molecule has 0 bridgehead atoms. The van der Waals surface area contributed by atoms with Crippen molar-refractivity contribution in [2.45, 2.75) is 19.9 Å². The van der Waals surface area contributed by atoms with Gasteiger partial charge in [0, 0.05) is 19.2 Å². The van der Waals surface area contributed by atoms with Crippen LogP contribution in [0, 0.1) is 6.92 Å². The summed E-state index contributed by atoms with van der Waals surface area (Å²) >= 11 is 0. The number of nitrogens with one attached hydrogen (secondary N) is 2. The van der Waals surface area contributed by atoms with E-state index in [-0.39, 0.29) is 5.91 Å². The highest BCUT2D eigenvalue weighted by atomic mass is 16.5. The third-order valence-electron chi connectivity index (χ3n) is 2.52. The van der Waals surface area contributed by atoms with Gasteiger partial charge in [-0.05, 0) is 19.5 Å². The van der Waals surface area contributed by atoms with Gasteiger partial charge in [0.25, 0.3) is 0 Å². The lowest BCUT2D eigenvalue weighted by molar-refractivity contribution is -0.121. The van der Waals surface area contributed by atoms with Crippen LogP contribution in [0.2, 0.25) is 0 Å². The number of carbonyl (C=O) groups is 1. The molecule has 0 aliphatic carbocycles. The number of para-hydroxylation sites is 1. The SMILES string of the molecule is CNCc1cccc(C)c1OCCC(=O)NC. The Morgan fingerprint density at radius 2 is 2.12 bits per heavy atom. The van der Waals surface area contributed by atoms with Crippen molar-refractivity contribution in [2.24, 2.45) is 0 Å². The molecule has 1 aromatic rings. The Balaban J connectivity index is 2.65. The summed E-state index contributed by atoms with van der Waals surface area (Å²) < 4.78 is 5.69. The summed E-state index contributed by atoms with van der Waals surface area (Å²) in [4.78, 5) is 11.1.